The minimum Gasteiger partial charge on any atom is -0.341 e. The average Bonchev–Trinajstić information content (AvgIpc) is 2.86. The third-order valence-corrected chi connectivity index (χ3v) is 4.74. The summed E-state index contributed by atoms with van der Waals surface area (Å²) >= 11 is 1.72. The fraction of sp³-hybridized carbons (Fsp3) is 0.500. The van der Waals surface area contributed by atoms with Crippen molar-refractivity contribution in [3.05, 3.63) is 30.1 Å². The lowest BCUT2D eigenvalue weighted by atomic mass is 10.1. The molecule has 0 atom stereocenters. The molecule has 2 heterocycles. The van der Waals surface area contributed by atoms with Gasteiger partial charge >= 0.3 is 0 Å². The molecule has 1 saturated heterocycles. The number of carbonyl (C=O) groups is 1. The molecule has 2 aromatic rings. The van der Waals surface area contributed by atoms with Gasteiger partial charge in [0.05, 0.1) is 16.8 Å². The van der Waals surface area contributed by atoms with Crippen molar-refractivity contribution >= 4 is 53.5 Å². The zero-order chi connectivity index (χ0) is 15.5. The molecule has 0 radical (unpaired) electrons. The number of halogens is 2. The lowest BCUT2D eigenvalue weighted by Crippen LogP contribution is -2.44. The van der Waals surface area contributed by atoms with Gasteiger partial charge < -0.3 is 15.2 Å². The number of hydrogen-bond acceptors (Lipinski definition) is 4. The highest BCUT2D eigenvalue weighted by atomic mass is 35.5. The minimum absolute atomic E-state index is 0. The summed E-state index contributed by atoms with van der Waals surface area (Å²) in [7, 11) is 0. The lowest BCUT2D eigenvalue weighted by molar-refractivity contribution is -0.132. The first kappa shape index (κ1) is 21.1. The normalized spacial score (nSPS) is 15.0. The first-order chi connectivity index (χ1) is 10.7. The van der Waals surface area contributed by atoms with Crippen LogP contribution in [0.5, 0.6) is 0 Å². The maximum absolute atomic E-state index is 12.6. The highest BCUT2D eigenvalue weighted by Crippen LogP contribution is 2.19. The number of amides is 1. The Hall–Kier alpha value is -0.950. The molecular weight excluding hydrogens is 367 g/mol. The number of likely N-dealkylation sites (tertiary alicyclic amines) is 1. The predicted molar refractivity (Wildman–Crippen MR) is 105 cm³/mol. The summed E-state index contributed by atoms with van der Waals surface area (Å²) in [5, 5.41) is 0. The predicted octanol–water partition coefficient (Wildman–Crippen LogP) is 2.69. The molecule has 0 spiro atoms. The number of carbonyl (C=O) groups excluding carboxylic acids is 1. The average molecular weight is 391 g/mol. The summed E-state index contributed by atoms with van der Waals surface area (Å²) in [6.45, 7) is 1.90. The van der Waals surface area contributed by atoms with Crippen molar-refractivity contribution < 1.29 is 4.79 Å². The van der Waals surface area contributed by atoms with Crippen molar-refractivity contribution in [3.8, 4) is 0 Å². The van der Waals surface area contributed by atoms with Gasteiger partial charge in [0.15, 0.2) is 0 Å². The van der Waals surface area contributed by atoms with Crippen LogP contribution in [-0.2, 0) is 17.1 Å². The number of thioether (sulfide) groups is 1. The Kier molecular flexibility index (Phi) is 8.36. The number of para-hydroxylation sites is 2. The maximum atomic E-state index is 12.6. The van der Waals surface area contributed by atoms with Crippen LogP contribution in [0.25, 0.3) is 11.0 Å². The zero-order valence-corrected chi connectivity index (χ0v) is 16.1. The van der Waals surface area contributed by atoms with Crippen LogP contribution in [0.3, 0.4) is 0 Å². The van der Waals surface area contributed by atoms with Crippen molar-refractivity contribution in [1.29, 1.82) is 0 Å². The Morgan fingerprint density at radius 2 is 1.96 bits per heavy atom. The molecular formula is C16H24Cl2N4OS. The molecule has 1 aromatic carbocycles. The van der Waals surface area contributed by atoms with E-state index in [1.165, 1.54) is 0 Å². The van der Waals surface area contributed by atoms with E-state index in [1.807, 2.05) is 29.2 Å². The Bertz CT molecular complexity index is 671. The Morgan fingerprint density at radius 1 is 1.29 bits per heavy atom. The van der Waals surface area contributed by atoms with Gasteiger partial charge in [-0.2, -0.15) is 11.8 Å². The molecule has 1 aromatic heterocycles. The van der Waals surface area contributed by atoms with Crippen molar-refractivity contribution in [2.75, 3.05) is 19.3 Å². The Labute approximate surface area is 159 Å². The van der Waals surface area contributed by atoms with E-state index < -0.39 is 0 Å². The van der Waals surface area contributed by atoms with E-state index in [9.17, 15) is 4.79 Å². The number of rotatable bonds is 4. The third-order valence-electron chi connectivity index (χ3n) is 4.19. The van der Waals surface area contributed by atoms with Crippen LogP contribution in [0.1, 0.15) is 18.7 Å². The molecule has 1 aliphatic rings. The summed E-state index contributed by atoms with van der Waals surface area (Å²) in [6, 6.07) is 8.25. The zero-order valence-electron chi connectivity index (χ0n) is 13.7. The van der Waals surface area contributed by atoms with Gasteiger partial charge in [0, 0.05) is 19.1 Å². The van der Waals surface area contributed by atoms with Crippen LogP contribution >= 0.6 is 36.6 Å². The summed E-state index contributed by atoms with van der Waals surface area (Å²) in [5.41, 5.74) is 7.91. The summed E-state index contributed by atoms with van der Waals surface area (Å²) in [4.78, 5) is 19.2. The van der Waals surface area contributed by atoms with E-state index in [0.717, 1.165) is 48.5 Å². The van der Waals surface area contributed by atoms with E-state index in [-0.39, 0.29) is 36.8 Å². The van der Waals surface area contributed by atoms with Gasteiger partial charge in [-0.25, -0.2) is 4.98 Å². The van der Waals surface area contributed by atoms with Crippen LogP contribution in [0.4, 0.5) is 0 Å². The molecule has 1 aliphatic heterocycles. The van der Waals surface area contributed by atoms with Gasteiger partial charge in [-0.15, -0.1) is 24.8 Å². The number of hydrogen-bond donors (Lipinski definition) is 1. The van der Waals surface area contributed by atoms with E-state index >= 15 is 0 Å². The Balaban J connectivity index is 0.00000144. The molecule has 0 saturated carbocycles. The second kappa shape index (κ2) is 9.51. The molecule has 134 valence electrons. The van der Waals surface area contributed by atoms with Crippen LogP contribution in [0.15, 0.2) is 24.3 Å². The quantitative estimate of drug-likeness (QED) is 0.871. The molecule has 0 bridgehead atoms. The molecule has 5 nitrogen and oxygen atoms in total. The highest BCUT2D eigenvalue weighted by molar-refractivity contribution is 7.97. The molecule has 2 N–H and O–H groups in total. The van der Waals surface area contributed by atoms with Crippen molar-refractivity contribution in [2.45, 2.75) is 31.2 Å². The van der Waals surface area contributed by atoms with Crippen molar-refractivity contribution in [2.24, 2.45) is 5.73 Å². The van der Waals surface area contributed by atoms with Crippen LogP contribution < -0.4 is 5.73 Å². The lowest BCUT2D eigenvalue weighted by Gasteiger charge is -2.30. The van der Waals surface area contributed by atoms with Gasteiger partial charge in [-0.3, -0.25) is 4.79 Å². The Morgan fingerprint density at radius 3 is 2.62 bits per heavy atom. The van der Waals surface area contributed by atoms with Gasteiger partial charge in [-0.1, -0.05) is 12.1 Å². The third kappa shape index (κ3) is 4.57. The number of nitrogens with two attached hydrogens (primary N) is 1. The fourth-order valence-electron chi connectivity index (χ4n) is 2.93. The number of fused-ring (bicyclic) bond motifs is 1. The van der Waals surface area contributed by atoms with E-state index in [1.54, 1.807) is 11.8 Å². The van der Waals surface area contributed by atoms with E-state index in [0.29, 0.717) is 6.54 Å². The first-order valence-corrected chi connectivity index (χ1v) is 9.05. The van der Waals surface area contributed by atoms with Gasteiger partial charge in [-0.05, 0) is 31.2 Å². The largest absolute Gasteiger partial charge is 0.341 e. The highest BCUT2D eigenvalue weighted by Gasteiger charge is 2.22. The first-order valence-electron chi connectivity index (χ1n) is 7.65. The second-order valence-corrected chi connectivity index (χ2v) is 6.62. The number of nitrogens with zero attached hydrogens (tertiary/aromatic N) is 3. The summed E-state index contributed by atoms with van der Waals surface area (Å²) < 4.78 is 2.06. The molecule has 24 heavy (non-hydrogen) atoms. The van der Waals surface area contributed by atoms with E-state index in [4.69, 9.17) is 5.73 Å². The van der Waals surface area contributed by atoms with Gasteiger partial charge in [0.2, 0.25) is 5.91 Å². The number of piperidine rings is 1. The van der Waals surface area contributed by atoms with Gasteiger partial charge in [0.25, 0.3) is 0 Å². The van der Waals surface area contributed by atoms with E-state index in [2.05, 4.69) is 15.8 Å². The molecule has 0 unspecified atom stereocenters. The molecule has 8 heteroatoms. The van der Waals surface area contributed by atoms with Crippen molar-refractivity contribution in [1.82, 2.24) is 14.5 Å². The standard InChI is InChI=1S/C16H22N4OS.2ClH/c1-22-11-15-18-13-4-2-3-5-14(13)20(15)10-16(21)19-8-6-12(17)7-9-19;;/h2-5,12H,6-11,17H2,1H3;2*1H. The molecule has 1 fully saturated rings. The fourth-order valence-corrected chi connectivity index (χ4v) is 3.40. The number of aromatic nitrogens is 2. The summed E-state index contributed by atoms with van der Waals surface area (Å²) in [6.07, 6.45) is 3.85. The SMILES string of the molecule is CSCc1nc2ccccc2n1CC(=O)N1CCC(N)CC1.Cl.Cl. The maximum Gasteiger partial charge on any atom is 0.242 e. The minimum atomic E-state index is 0. The van der Waals surface area contributed by atoms with Crippen LogP contribution in [0.2, 0.25) is 0 Å². The molecule has 0 aliphatic carbocycles. The summed E-state index contributed by atoms with van der Waals surface area (Å²) in [5.74, 6) is 1.94. The topological polar surface area (TPSA) is 64.2 Å². The van der Waals surface area contributed by atoms with Crippen LogP contribution in [0, 0.1) is 0 Å². The number of benzene rings is 1. The van der Waals surface area contributed by atoms with Crippen LogP contribution in [-0.4, -0.2) is 45.7 Å². The van der Waals surface area contributed by atoms with Crippen molar-refractivity contribution in [3.63, 3.8) is 0 Å². The number of imidazole rings is 1. The molecule has 1 amide bonds. The smallest absolute Gasteiger partial charge is 0.242 e. The molecule has 3 rings (SSSR count). The monoisotopic (exact) mass is 390 g/mol. The second-order valence-electron chi connectivity index (χ2n) is 5.75. The van der Waals surface area contributed by atoms with Gasteiger partial charge in [0.1, 0.15) is 12.4 Å².